The molecule has 0 unspecified atom stereocenters. The lowest BCUT2D eigenvalue weighted by Gasteiger charge is -2.30. The molecule has 0 saturated heterocycles. The van der Waals surface area contributed by atoms with E-state index in [2.05, 4.69) is 49.4 Å². The van der Waals surface area contributed by atoms with Crippen LogP contribution >= 0.6 is 24.0 Å². The molecule has 160 valence electrons. The van der Waals surface area contributed by atoms with Crippen molar-refractivity contribution >= 4 is 29.9 Å². The second-order valence-electron chi connectivity index (χ2n) is 7.78. The number of hydrogen-bond donors (Lipinski definition) is 2. The van der Waals surface area contributed by atoms with Crippen molar-refractivity contribution in [1.29, 1.82) is 0 Å². The molecule has 1 heterocycles. The fourth-order valence-corrected chi connectivity index (χ4v) is 4.07. The lowest BCUT2D eigenvalue weighted by molar-refractivity contribution is 0.138. The van der Waals surface area contributed by atoms with E-state index in [1.54, 1.807) is 7.11 Å². The van der Waals surface area contributed by atoms with Crippen molar-refractivity contribution in [3.05, 3.63) is 54.1 Å². The summed E-state index contributed by atoms with van der Waals surface area (Å²) in [6.07, 6.45) is 11.9. The van der Waals surface area contributed by atoms with Crippen LogP contribution in [0.25, 0.3) is 0 Å². The maximum atomic E-state index is 5.34. The molecule has 1 saturated carbocycles. The van der Waals surface area contributed by atoms with E-state index in [9.17, 15) is 0 Å². The molecule has 6 nitrogen and oxygen atoms in total. The number of guanidine groups is 1. The molecule has 0 spiro atoms. The van der Waals surface area contributed by atoms with Crippen molar-refractivity contribution in [3.63, 3.8) is 0 Å². The van der Waals surface area contributed by atoms with Gasteiger partial charge in [0.1, 0.15) is 0 Å². The summed E-state index contributed by atoms with van der Waals surface area (Å²) < 4.78 is 7.41. The number of benzene rings is 1. The minimum atomic E-state index is 0. The van der Waals surface area contributed by atoms with E-state index in [0.717, 1.165) is 38.6 Å². The summed E-state index contributed by atoms with van der Waals surface area (Å²) in [7, 11) is 3.62. The zero-order chi connectivity index (χ0) is 19.7. The van der Waals surface area contributed by atoms with Crippen molar-refractivity contribution in [2.24, 2.45) is 10.4 Å². The first kappa shape index (κ1) is 23.7. The minimum Gasteiger partial charge on any atom is -0.385 e. The van der Waals surface area contributed by atoms with Gasteiger partial charge in [0.05, 0.1) is 6.33 Å². The monoisotopic (exact) mass is 511 g/mol. The smallest absolute Gasteiger partial charge is 0.191 e. The zero-order valence-corrected chi connectivity index (χ0v) is 19.9. The Morgan fingerprint density at radius 2 is 2.03 bits per heavy atom. The third-order valence-electron chi connectivity index (χ3n) is 5.73. The first-order valence-electron chi connectivity index (χ1n) is 10.2. The van der Waals surface area contributed by atoms with Crippen LogP contribution < -0.4 is 10.6 Å². The average Bonchev–Trinajstić information content (AvgIpc) is 3.40. The first-order chi connectivity index (χ1) is 13.7. The number of aromatic nitrogens is 2. The molecule has 2 N–H and O–H groups in total. The number of imidazole rings is 1. The van der Waals surface area contributed by atoms with Crippen LogP contribution in [0.2, 0.25) is 0 Å². The minimum absolute atomic E-state index is 0. The molecule has 0 bridgehead atoms. The van der Waals surface area contributed by atoms with Crippen LogP contribution in [0.1, 0.15) is 43.2 Å². The van der Waals surface area contributed by atoms with Crippen molar-refractivity contribution in [2.45, 2.75) is 45.2 Å². The van der Waals surface area contributed by atoms with Gasteiger partial charge in [-0.05, 0) is 35.8 Å². The van der Waals surface area contributed by atoms with Gasteiger partial charge in [-0.2, -0.15) is 0 Å². The van der Waals surface area contributed by atoms with E-state index in [4.69, 9.17) is 4.74 Å². The Hall–Kier alpha value is -1.61. The summed E-state index contributed by atoms with van der Waals surface area (Å²) in [5.41, 5.74) is 2.86. The molecule has 1 aliphatic rings. The van der Waals surface area contributed by atoms with E-state index in [-0.39, 0.29) is 24.0 Å². The highest BCUT2D eigenvalue weighted by Crippen LogP contribution is 2.40. The number of nitrogens with one attached hydrogen (secondary N) is 2. The molecule has 0 radical (unpaired) electrons. The third-order valence-corrected chi connectivity index (χ3v) is 5.73. The Morgan fingerprint density at radius 1 is 1.24 bits per heavy atom. The highest BCUT2D eigenvalue weighted by atomic mass is 127. The fourth-order valence-electron chi connectivity index (χ4n) is 4.07. The number of rotatable bonds is 9. The van der Waals surface area contributed by atoms with Gasteiger partial charge in [0.25, 0.3) is 0 Å². The SMILES string of the molecule is CN=C(NCc1cccc(Cn2ccnc2)c1)NCC1(CCOC)CCCC1.I. The lowest BCUT2D eigenvalue weighted by Crippen LogP contribution is -2.43. The third kappa shape index (κ3) is 7.29. The lowest BCUT2D eigenvalue weighted by atomic mass is 9.83. The van der Waals surface area contributed by atoms with Crippen molar-refractivity contribution in [2.75, 3.05) is 27.3 Å². The average molecular weight is 511 g/mol. The molecule has 1 aromatic carbocycles. The van der Waals surface area contributed by atoms with Crippen LogP contribution in [0.3, 0.4) is 0 Å². The van der Waals surface area contributed by atoms with Crippen LogP contribution in [0.15, 0.2) is 48.0 Å². The van der Waals surface area contributed by atoms with Crippen LogP contribution in [-0.4, -0.2) is 42.8 Å². The standard InChI is InChI=1S/C22H33N5O.HI/c1-23-21(26-17-22(10-13-28-2)8-3-4-9-22)25-15-19-6-5-7-20(14-19)16-27-12-11-24-18-27;/h5-7,11-12,14,18H,3-4,8-10,13,15-17H2,1-2H3,(H2,23,25,26);1H. The summed E-state index contributed by atoms with van der Waals surface area (Å²) in [6, 6.07) is 8.64. The Kier molecular flexibility index (Phi) is 9.93. The molecular weight excluding hydrogens is 477 g/mol. The number of aliphatic imine (C=N–C) groups is 1. The predicted molar refractivity (Wildman–Crippen MR) is 129 cm³/mol. The Morgan fingerprint density at radius 3 is 2.72 bits per heavy atom. The number of ether oxygens (including phenoxy) is 1. The van der Waals surface area contributed by atoms with Gasteiger partial charge < -0.3 is 19.9 Å². The number of methoxy groups -OCH3 is 1. The molecule has 3 rings (SSSR count). The largest absolute Gasteiger partial charge is 0.385 e. The molecule has 29 heavy (non-hydrogen) atoms. The summed E-state index contributed by atoms with van der Waals surface area (Å²) >= 11 is 0. The van der Waals surface area contributed by atoms with Gasteiger partial charge in [0.15, 0.2) is 5.96 Å². The Bertz CT molecular complexity index is 741. The van der Waals surface area contributed by atoms with Gasteiger partial charge in [-0.15, -0.1) is 24.0 Å². The summed E-state index contributed by atoms with van der Waals surface area (Å²) in [5.74, 6) is 0.865. The van der Waals surface area contributed by atoms with E-state index < -0.39 is 0 Å². The number of nitrogens with zero attached hydrogens (tertiary/aromatic N) is 3. The van der Waals surface area contributed by atoms with Gasteiger partial charge in [-0.3, -0.25) is 4.99 Å². The molecule has 2 aromatic rings. The summed E-state index contributed by atoms with van der Waals surface area (Å²) in [4.78, 5) is 8.52. The fraction of sp³-hybridized carbons (Fsp3) is 0.545. The molecule has 0 atom stereocenters. The maximum absolute atomic E-state index is 5.34. The molecule has 0 aliphatic heterocycles. The zero-order valence-electron chi connectivity index (χ0n) is 17.6. The topological polar surface area (TPSA) is 63.5 Å². The molecule has 7 heteroatoms. The first-order valence-corrected chi connectivity index (χ1v) is 10.2. The number of hydrogen-bond acceptors (Lipinski definition) is 3. The number of halogens is 1. The molecule has 1 fully saturated rings. The van der Waals surface area contributed by atoms with Crippen LogP contribution in [0.4, 0.5) is 0 Å². The van der Waals surface area contributed by atoms with Crippen LogP contribution in [-0.2, 0) is 17.8 Å². The Balaban J connectivity index is 0.00000300. The van der Waals surface area contributed by atoms with Gasteiger partial charge >= 0.3 is 0 Å². The quantitative estimate of drug-likeness (QED) is 0.306. The predicted octanol–water partition coefficient (Wildman–Crippen LogP) is 3.81. The molecule has 1 aliphatic carbocycles. The normalized spacial score (nSPS) is 15.7. The highest BCUT2D eigenvalue weighted by Gasteiger charge is 2.33. The van der Waals surface area contributed by atoms with E-state index >= 15 is 0 Å². The molecular formula is C22H34IN5O. The Labute approximate surface area is 191 Å². The van der Waals surface area contributed by atoms with Crippen molar-refractivity contribution in [3.8, 4) is 0 Å². The highest BCUT2D eigenvalue weighted by molar-refractivity contribution is 14.0. The van der Waals surface area contributed by atoms with Gasteiger partial charge in [0.2, 0.25) is 0 Å². The second-order valence-corrected chi connectivity index (χ2v) is 7.78. The van der Waals surface area contributed by atoms with E-state index in [1.807, 2.05) is 25.8 Å². The molecule has 1 aromatic heterocycles. The second kappa shape index (κ2) is 12.2. The molecule has 0 amide bonds. The van der Waals surface area contributed by atoms with Crippen molar-refractivity contribution in [1.82, 2.24) is 20.2 Å². The van der Waals surface area contributed by atoms with E-state index in [1.165, 1.54) is 36.8 Å². The summed E-state index contributed by atoms with van der Waals surface area (Å²) in [5, 5.41) is 7.01. The maximum Gasteiger partial charge on any atom is 0.191 e. The van der Waals surface area contributed by atoms with Crippen molar-refractivity contribution < 1.29 is 4.74 Å². The van der Waals surface area contributed by atoms with Crippen LogP contribution in [0, 0.1) is 5.41 Å². The summed E-state index contributed by atoms with van der Waals surface area (Å²) in [6.45, 7) is 3.37. The van der Waals surface area contributed by atoms with Crippen LogP contribution in [0.5, 0.6) is 0 Å². The van der Waals surface area contributed by atoms with Gasteiger partial charge in [-0.25, -0.2) is 4.98 Å². The van der Waals surface area contributed by atoms with Gasteiger partial charge in [-0.1, -0.05) is 37.1 Å². The van der Waals surface area contributed by atoms with Gasteiger partial charge in [0, 0.05) is 52.8 Å². The van der Waals surface area contributed by atoms with E-state index in [0.29, 0.717) is 5.41 Å².